The lowest BCUT2D eigenvalue weighted by molar-refractivity contribution is 0.907. The molecule has 0 atom stereocenters. The Morgan fingerprint density at radius 1 is 1.00 bits per heavy atom. The lowest BCUT2D eigenvalue weighted by Crippen LogP contribution is -2.05. The van der Waals surface area contributed by atoms with Crippen molar-refractivity contribution in [1.82, 2.24) is 9.55 Å². The van der Waals surface area contributed by atoms with Crippen LogP contribution in [0.15, 0.2) is 48.7 Å². The molecule has 2 aromatic carbocycles. The van der Waals surface area contributed by atoms with E-state index in [0.717, 1.165) is 27.8 Å². The molecule has 0 saturated heterocycles. The largest absolute Gasteiger partial charge is 0.352 e. The third kappa shape index (κ3) is 3.63. The van der Waals surface area contributed by atoms with E-state index in [1.54, 1.807) is 6.07 Å². The van der Waals surface area contributed by atoms with Crippen LogP contribution in [-0.4, -0.2) is 9.55 Å². The molecule has 0 amide bonds. The number of imidazole rings is 1. The molecule has 1 N–H and O–H groups in total. The summed E-state index contributed by atoms with van der Waals surface area (Å²) in [7, 11) is 1.95. The highest BCUT2D eigenvalue weighted by molar-refractivity contribution is 6.42. The first-order valence-corrected chi connectivity index (χ1v) is 8.13. The fraction of sp³-hybridized carbons (Fsp3) is 0.118. The molecule has 0 aliphatic carbocycles. The Morgan fingerprint density at radius 3 is 2.43 bits per heavy atom. The Balaban J connectivity index is 1.78. The molecule has 23 heavy (non-hydrogen) atoms. The van der Waals surface area contributed by atoms with Gasteiger partial charge in [0.1, 0.15) is 0 Å². The van der Waals surface area contributed by atoms with E-state index in [0.29, 0.717) is 16.6 Å². The van der Waals surface area contributed by atoms with Gasteiger partial charge in [-0.3, -0.25) is 0 Å². The van der Waals surface area contributed by atoms with Crippen LogP contribution in [0.5, 0.6) is 0 Å². The number of hydrogen-bond acceptors (Lipinski definition) is 2. The first kappa shape index (κ1) is 16.2. The van der Waals surface area contributed by atoms with Crippen molar-refractivity contribution in [2.75, 3.05) is 5.32 Å². The number of anilines is 1. The fourth-order valence-corrected chi connectivity index (χ4v) is 2.70. The summed E-state index contributed by atoms with van der Waals surface area (Å²) in [4.78, 5) is 4.43. The summed E-state index contributed by atoms with van der Waals surface area (Å²) in [6, 6.07) is 13.3. The van der Waals surface area contributed by atoms with E-state index in [1.165, 1.54) is 0 Å². The number of nitrogens with zero attached hydrogens (tertiary/aromatic N) is 2. The zero-order chi connectivity index (χ0) is 16.4. The van der Waals surface area contributed by atoms with Gasteiger partial charge in [-0.25, -0.2) is 4.98 Å². The van der Waals surface area contributed by atoms with E-state index < -0.39 is 0 Å². The highest BCUT2D eigenvalue weighted by Gasteiger charge is 2.10. The van der Waals surface area contributed by atoms with Gasteiger partial charge < -0.3 is 9.88 Å². The van der Waals surface area contributed by atoms with Crippen molar-refractivity contribution in [3.05, 3.63) is 69.3 Å². The lowest BCUT2D eigenvalue weighted by Gasteiger charge is -2.09. The van der Waals surface area contributed by atoms with Crippen molar-refractivity contribution in [2.24, 2.45) is 7.05 Å². The predicted molar refractivity (Wildman–Crippen MR) is 97.4 cm³/mol. The van der Waals surface area contributed by atoms with Gasteiger partial charge in [0, 0.05) is 24.2 Å². The van der Waals surface area contributed by atoms with Gasteiger partial charge in [0.25, 0.3) is 0 Å². The lowest BCUT2D eigenvalue weighted by atomic mass is 10.2. The van der Waals surface area contributed by atoms with Crippen molar-refractivity contribution in [3.8, 4) is 11.3 Å². The third-order valence-electron chi connectivity index (χ3n) is 3.57. The summed E-state index contributed by atoms with van der Waals surface area (Å²) < 4.78 is 1.98. The second kappa shape index (κ2) is 6.83. The van der Waals surface area contributed by atoms with E-state index in [9.17, 15) is 0 Å². The average Bonchev–Trinajstić information content (AvgIpc) is 2.90. The molecule has 0 spiro atoms. The summed E-state index contributed by atoms with van der Waals surface area (Å²) in [5.41, 5.74) is 3.06. The fourth-order valence-electron chi connectivity index (χ4n) is 2.28. The third-order valence-corrected chi connectivity index (χ3v) is 4.56. The molecule has 6 heteroatoms. The van der Waals surface area contributed by atoms with Gasteiger partial charge in [0.2, 0.25) is 5.95 Å². The highest BCUT2D eigenvalue weighted by Crippen LogP contribution is 2.29. The standard InChI is InChI=1S/C17H14Cl3N3/c1-23-16(12-4-7-14(19)15(20)8-12)10-22-17(23)21-9-11-2-5-13(18)6-3-11/h2-8,10H,9H2,1H3,(H,21,22). The van der Waals surface area contributed by atoms with Crippen LogP contribution >= 0.6 is 34.8 Å². The molecular formula is C17H14Cl3N3. The van der Waals surface area contributed by atoms with Crippen LogP contribution in [0.1, 0.15) is 5.56 Å². The van der Waals surface area contributed by atoms with Crippen molar-refractivity contribution in [1.29, 1.82) is 0 Å². The minimum atomic E-state index is 0.529. The summed E-state index contributed by atoms with van der Waals surface area (Å²) in [6.45, 7) is 0.669. The van der Waals surface area contributed by atoms with Gasteiger partial charge in [-0.05, 0) is 29.8 Å². The van der Waals surface area contributed by atoms with Crippen molar-refractivity contribution in [2.45, 2.75) is 6.54 Å². The first-order chi connectivity index (χ1) is 11.0. The number of hydrogen-bond donors (Lipinski definition) is 1. The molecule has 1 aromatic heterocycles. The number of halogens is 3. The molecule has 3 nitrogen and oxygen atoms in total. The minimum Gasteiger partial charge on any atom is -0.352 e. The van der Waals surface area contributed by atoms with Crippen molar-refractivity contribution in [3.63, 3.8) is 0 Å². The van der Waals surface area contributed by atoms with Crippen LogP contribution in [-0.2, 0) is 13.6 Å². The van der Waals surface area contributed by atoms with Gasteiger partial charge >= 0.3 is 0 Å². The maximum Gasteiger partial charge on any atom is 0.203 e. The van der Waals surface area contributed by atoms with Gasteiger partial charge in [-0.15, -0.1) is 0 Å². The number of benzene rings is 2. The van der Waals surface area contributed by atoms with Crippen LogP contribution in [0.4, 0.5) is 5.95 Å². The zero-order valence-electron chi connectivity index (χ0n) is 12.4. The van der Waals surface area contributed by atoms with Crippen LogP contribution in [0, 0.1) is 0 Å². The molecule has 3 aromatic rings. The van der Waals surface area contributed by atoms with Gasteiger partial charge in [0.05, 0.1) is 21.9 Å². The van der Waals surface area contributed by atoms with E-state index in [-0.39, 0.29) is 0 Å². The average molecular weight is 367 g/mol. The normalized spacial score (nSPS) is 10.8. The number of nitrogens with one attached hydrogen (secondary N) is 1. The summed E-state index contributed by atoms with van der Waals surface area (Å²) in [6.07, 6.45) is 1.81. The van der Waals surface area contributed by atoms with Crippen LogP contribution in [0.25, 0.3) is 11.3 Å². The molecule has 0 bridgehead atoms. The Morgan fingerprint density at radius 2 is 1.74 bits per heavy atom. The topological polar surface area (TPSA) is 29.9 Å². The van der Waals surface area contributed by atoms with Gasteiger partial charge in [0.15, 0.2) is 0 Å². The Labute approximate surface area is 149 Å². The molecule has 3 rings (SSSR count). The molecule has 0 unspecified atom stereocenters. The van der Waals surface area contributed by atoms with Crippen LogP contribution < -0.4 is 5.32 Å². The molecule has 118 valence electrons. The highest BCUT2D eigenvalue weighted by atomic mass is 35.5. The Hall–Kier alpha value is -1.68. The smallest absolute Gasteiger partial charge is 0.203 e. The van der Waals surface area contributed by atoms with Crippen LogP contribution in [0.2, 0.25) is 15.1 Å². The van der Waals surface area contributed by atoms with E-state index in [1.807, 2.05) is 54.2 Å². The molecular weight excluding hydrogens is 353 g/mol. The van der Waals surface area contributed by atoms with Crippen LogP contribution in [0.3, 0.4) is 0 Å². The summed E-state index contributed by atoms with van der Waals surface area (Å²) in [5.74, 6) is 0.779. The van der Waals surface area contributed by atoms with Crippen molar-refractivity contribution >= 4 is 40.8 Å². The quantitative estimate of drug-likeness (QED) is 0.645. The molecule has 0 aliphatic heterocycles. The molecule has 0 fully saturated rings. The maximum absolute atomic E-state index is 6.09. The second-order valence-electron chi connectivity index (χ2n) is 5.13. The number of aromatic nitrogens is 2. The van der Waals surface area contributed by atoms with E-state index >= 15 is 0 Å². The summed E-state index contributed by atoms with van der Waals surface area (Å²) in [5, 5.41) is 5.11. The first-order valence-electron chi connectivity index (χ1n) is 7.00. The number of rotatable bonds is 4. The molecule has 0 radical (unpaired) electrons. The minimum absolute atomic E-state index is 0.529. The van der Waals surface area contributed by atoms with E-state index in [4.69, 9.17) is 34.8 Å². The molecule has 1 heterocycles. The molecule has 0 aliphatic rings. The zero-order valence-corrected chi connectivity index (χ0v) is 14.6. The maximum atomic E-state index is 6.09. The Kier molecular flexibility index (Phi) is 4.81. The predicted octanol–water partition coefficient (Wildman–Crippen LogP) is 5.66. The van der Waals surface area contributed by atoms with Gasteiger partial charge in [-0.1, -0.05) is 53.0 Å². The van der Waals surface area contributed by atoms with Gasteiger partial charge in [-0.2, -0.15) is 0 Å². The second-order valence-corrected chi connectivity index (χ2v) is 6.39. The SMILES string of the molecule is Cn1c(-c2ccc(Cl)c(Cl)c2)cnc1NCc1ccc(Cl)cc1. The molecule has 0 saturated carbocycles. The summed E-state index contributed by atoms with van der Waals surface area (Å²) >= 11 is 17.9. The van der Waals surface area contributed by atoms with E-state index in [2.05, 4.69) is 10.3 Å². The monoisotopic (exact) mass is 365 g/mol. The van der Waals surface area contributed by atoms with Crippen molar-refractivity contribution < 1.29 is 0 Å². The Bertz CT molecular complexity index is 826.